The highest BCUT2D eigenvalue weighted by molar-refractivity contribution is 5.12. The second-order valence-electron chi connectivity index (χ2n) is 4.35. The van der Waals surface area contributed by atoms with Gasteiger partial charge >= 0.3 is 0 Å². The molecule has 0 saturated heterocycles. The van der Waals surface area contributed by atoms with Crippen molar-refractivity contribution < 1.29 is 0 Å². The molecular weight excluding hydrogens is 184 g/mol. The summed E-state index contributed by atoms with van der Waals surface area (Å²) in [5.74, 6) is 0.712. The number of pyridine rings is 1. The minimum Gasteiger partial charge on any atom is -0.307 e. The van der Waals surface area contributed by atoms with Gasteiger partial charge in [-0.3, -0.25) is 4.98 Å². The van der Waals surface area contributed by atoms with Crippen LogP contribution in [-0.2, 0) is 0 Å². The van der Waals surface area contributed by atoms with Gasteiger partial charge in [0.15, 0.2) is 0 Å². The maximum Gasteiger partial charge on any atom is 0.0315 e. The zero-order valence-electron chi connectivity index (χ0n) is 10.2. The van der Waals surface area contributed by atoms with Gasteiger partial charge in [0, 0.05) is 24.5 Å². The molecule has 0 amide bonds. The van der Waals surface area contributed by atoms with Crippen LogP contribution in [0, 0.1) is 5.92 Å². The van der Waals surface area contributed by atoms with E-state index in [0.29, 0.717) is 18.0 Å². The zero-order chi connectivity index (χ0) is 11.3. The fourth-order valence-corrected chi connectivity index (χ4v) is 1.64. The molecule has 0 radical (unpaired) electrons. The summed E-state index contributed by atoms with van der Waals surface area (Å²) in [5, 5.41) is 3.61. The molecule has 15 heavy (non-hydrogen) atoms. The van der Waals surface area contributed by atoms with Crippen molar-refractivity contribution in [3.8, 4) is 0 Å². The van der Waals surface area contributed by atoms with Crippen LogP contribution in [0.1, 0.15) is 45.7 Å². The van der Waals surface area contributed by atoms with Gasteiger partial charge in [0.25, 0.3) is 0 Å². The molecule has 84 valence electrons. The molecule has 1 rings (SSSR count). The predicted molar refractivity (Wildman–Crippen MR) is 64.7 cm³/mol. The molecule has 0 aliphatic carbocycles. The molecule has 1 N–H and O–H groups in total. The molecule has 3 atom stereocenters. The van der Waals surface area contributed by atoms with Crippen LogP contribution >= 0.6 is 0 Å². The Hall–Kier alpha value is -0.890. The van der Waals surface area contributed by atoms with Crippen LogP contribution in [0.25, 0.3) is 0 Å². The number of rotatable bonds is 5. The minimum absolute atomic E-state index is 0.378. The molecule has 1 aromatic rings. The van der Waals surface area contributed by atoms with E-state index in [-0.39, 0.29) is 0 Å². The van der Waals surface area contributed by atoms with E-state index in [0.717, 1.165) is 0 Å². The maximum absolute atomic E-state index is 4.14. The van der Waals surface area contributed by atoms with Crippen molar-refractivity contribution in [3.05, 3.63) is 30.1 Å². The van der Waals surface area contributed by atoms with Crippen molar-refractivity contribution in [1.82, 2.24) is 10.3 Å². The van der Waals surface area contributed by atoms with E-state index in [1.165, 1.54) is 12.0 Å². The van der Waals surface area contributed by atoms with Crippen LogP contribution in [0.5, 0.6) is 0 Å². The van der Waals surface area contributed by atoms with Crippen molar-refractivity contribution in [1.29, 1.82) is 0 Å². The van der Waals surface area contributed by atoms with E-state index in [1.807, 2.05) is 18.5 Å². The third-order valence-electron chi connectivity index (χ3n) is 3.19. The Kier molecular flexibility index (Phi) is 4.76. The molecule has 1 heterocycles. The van der Waals surface area contributed by atoms with Crippen molar-refractivity contribution in [2.75, 3.05) is 0 Å². The fourth-order valence-electron chi connectivity index (χ4n) is 1.64. The number of hydrogen-bond acceptors (Lipinski definition) is 2. The summed E-state index contributed by atoms with van der Waals surface area (Å²) in [6, 6.07) is 5.03. The molecule has 0 bridgehead atoms. The standard InChI is InChI=1S/C13H22N2/c1-5-10(2)11(3)15-12(4)13-7-6-8-14-9-13/h6-12,15H,5H2,1-4H3/t10-,11-,12+/m0/s1. The van der Waals surface area contributed by atoms with Gasteiger partial charge < -0.3 is 5.32 Å². The first-order chi connectivity index (χ1) is 7.15. The SMILES string of the molecule is CC[C@H](C)[C@H](C)N[C@H](C)c1cccnc1. The lowest BCUT2D eigenvalue weighted by atomic mass is 9.99. The second kappa shape index (κ2) is 5.86. The van der Waals surface area contributed by atoms with Crippen LogP contribution < -0.4 is 5.32 Å². The van der Waals surface area contributed by atoms with Crippen LogP contribution in [0.2, 0.25) is 0 Å². The topological polar surface area (TPSA) is 24.9 Å². The van der Waals surface area contributed by atoms with E-state index in [9.17, 15) is 0 Å². The average Bonchev–Trinajstić information content (AvgIpc) is 2.29. The van der Waals surface area contributed by atoms with Gasteiger partial charge in [0.2, 0.25) is 0 Å². The van der Waals surface area contributed by atoms with E-state index < -0.39 is 0 Å². The average molecular weight is 206 g/mol. The third kappa shape index (κ3) is 3.63. The van der Waals surface area contributed by atoms with Gasteiger partial charge in [-0.25, -0.2) is 0 Å². The number of aromatic nitrogens is 1. The lowest BCUT2D eigenvalue weighted by Gasteiger charge is -2.24. The highest BCUT2D eigenvalue weighted by atomic mass is 14.9. The molecule has 0 aliphatic heterocycles. The van der Waals surface area contributed by atoms with Crippen molar-refractivity contribution in [3.63, 3.8) is 0 Å². The molecule has 0 saturated carbocycles. The van der Waals surface area contributed by atoms with Crippen LogP contribution in [-0.4, -0.2) is 11.0 Å². The Morgan fingerprint density at radius 1 is 1.33 bits per heavy atom. The first-order valence-corrected chi connectivity index (χ1v) is 5.81. The fraction of sp³-hybridized carbons (Fsp3) is 0.615. The Bertz CT molecular complexity index is 271. The maximum atomic E-state index is 4.14. The summed E-state index contributed by atoms with van der Waals surface area (Å²) in [7, 11) is 0. The van der Waals surface area contributed by atoms with E-state index in [1.54, 1.807) is 0 Å². The summed E-state index contributed by atoms with van der Waals surface area (Å²) < 4.78 is 0. The molecule has 0 fully saturated rings. The van der Waals surface area contributed by atoms with Crippen LogP contribution in [0.3, 0.4) is 0 Å². The van der Waals surface area contributed by atoms with Gasteiger partial charge in [-0.1, -0.05) is 26.3 Å². The number of nitrogens with one attached hydrogen (secondary N) is 1. The molecule has 0 aliphatic rings. The van der Waals surface area contributed by atoms with Crippen molar-refractivity contribution in [2.45, 2.75) is 46.2 Å². The second-order valence-corrected chi connectivity index (χ2v) is 4.35. The molecular formula is C13H22N2. The predicted octanol–water partition coefficient (Wildman–Crippen LogP) is 3.17. The molecule has 1 aromatic heterocycles. The largest absolute Gasteiger partial charge is 0.307 e. The summed E-state index contributed by atoms with van der Waals surface area (Å²) in [6.07, 6.45) is 4.96. The van der Waals surface area contributed by atoms with Gasteiger partial charge in [-0.2, -0.15) is 0 Å². The summed E-state index contributed by atoms with van der Waals surface area (Å²) in [4.78, 5) is 4.14. The molecule has 0 unspecified atom stereocenters. The molecule has 2 heteroatoms. The van der Waals surface area contributed by atoms with Gasteiger partial charge in [0.1, 0.15) is 0 Å². The van der Waals surface area contributed by atoms with Crippen molar-refractivity contribution >= 4 is 0 Å². The first kappa shape index (κ1) is 12.2. The number of nitrogens with zero attached hydrogens (tertiary/aromatic N) is 1. The monoisotopic (exact) mass is 206 g/mol. The molecule has 2 nitrogen and oxygen atoms in total. The summed E-state index contributed by atoms with van der Waals surface area (Å²) in [6.45, 7) is 8.96. The molecule has 0 spiro atoms. The quantitative estimate of drug-likeness (QED) is 0.800. The zero-order valence-corrected chi connectivity index (χ0v) is 10.2. The van der Waals surface area contributed by atoms with Gasteiger partial charge in [0.05, 0.1) is 0 Å². The summed E-state index contributed by atoms with van der Waals surface area (Å²) in [5.41, 5.74) is 1.26. The highest BCUT2D eigenvalue weighted by Crippen LogP contribution is 2.14. The van der Waals surface area contributed by atoms with Crippen molar-refractivity contribution in [2.24, 2.45) is 5.92 Å². The van der Waals surface area contributed by atoms with Crippen LogP contribution in [0.15, 0.2) is 24.5 Å². The first-order valence-electron chi connectivity index (χ1n) is 5.81. The van der Waals surface area contributed by atoms with Gasteiger partial charge in [-0.05, 0) is 31.4 Å². The molecule has 0 aromatic carbocycles. The lowest BCUT2D eigenvalue weighted by Crippen LogP contribution is -2.33. The Balaban J connectivity index is 2.52. The Morgan fingerprint density at radius 2 is 2.07 bits per heavy atom. The van der Waals surface area contributed by atoms with E-state index in [4.69, 9.17) is 0 Å². The lowest BCUT2D eigenvalue weighted by molar-refractivity contribution is 0.360. The van der Waals surface area contributed by atoms with E-state index >= 15 is 0 Å². The van der Waals surface area contributed by atoms with Gasteiger partial charge in [-0.15, -0.1) is 0 Å². The normalized spacial score (nSPS) is 17.1. The van der Waals surface area contributed by atoms with Crippen LogP contribution in [0.4, 0.5) is 0 Å². The highest BCUT2D eigenvalue weighted by Gasteiger charge is 2.13. The Morgan fingerprint density at radius 3 is 2.60 bits per heavy atom. The third-order valence-corrected chi connectivity index (χ3v) is 3.19. The smallest absolute Gasteiger partial charge is 0.0315 e. The Labute approximate surface area is 93.1 Å². The number of hydrogen-bond donors (Lipinski definition) is 1. The minimum atomic E-state index is 0.378. The summed E-state index contributed by atoms with van der Waals surface area (Å²) >= 11 is 0. The van der Waals surface area contributed by atoms with E-state index in [2.05, 4.69) is 44.1 Å².